The largest absolute Gasteiger partial charge is 0.507 e. The number of carbonyl (C=O) groups is 2. The van der Waals surface area contributed by atoms with E-state index in [9.17, 15) is 14.7 Å². The lowest BCUT2D eigenvalue weighted by molar-refractivity contribution is -0.139. The van der Waals surface area contributed by atoms with Gasteiger partial charge < -0.3 is 29.1 Å². The van der Waals surface area contributed by atoms with Crippen molar-refractivity contribution < 1.29 is 28.9 Å². The molecule has 0 aliphatic carbocycles. The maximum atomic E-state index is 13.1. The first-order valence-electron chi connectivity index (χ1n) is 11.1. The molecule has 0 saturated carbocycles. The Bertz CT molecular complexity index is 1120. The number of amides is 1. The van der Waals surface area contributed by atoms with Crippen LogP contribution in [-0.2, 0) is 9.59 Å². The van der Waals surface area contributed by atoms with Gasteiger partial charge in [0.2, 0.25) is 6.79 Å². The number of fused-ring (bicyclic) bond motifs is 1. The molecule has 4 rings (SSSR count). The van der Waals surface area contributed by atoms with Gasteiger partial charge in [-0.25, -0.2) is 0 Å². The van der Waals surface area contributed by atoms with Gasteiger partial charge in [0.15, 0.2) is 11.5 Å². The van der Waals surface area contributed by atoms with E-state index in [0.717, 1.165) is 6.54 Å². The van der Waals surface area contributed by atoms with Gasteiger partial charge in [0.25, 0.3) is 11.7 Å². The number of nitrogens with zero attached hydrogens (tertiary/aromatic N) is 2. The Morgan fingerprint density at radius 1 is 1.18 bits per heavy atom. The van der Waals surface area contributed by atoms with Crippen LogP contribution in [0, 0.1) is 0 Å². The Morgan fingerprint density at radius 3 is 2.62 bits per heavy atom. The third-order valence-corrected chi connectivity index (χ3v) is 5.75. The molecule has 1 unspecified atom stereocenters. The van der Waals surface area contributed by atoms with Crippen LogP contribution in [0.1, 0.15) is 23.6 Å². The third-order valence-electron chi connectivity index (χ3n) is 5.75. The molecule has 2 aromatic rings. The number of hydrogen-bond acceptors (Lipinski definition) is 7. The first-order chi connectivity index (χ1) is 16.4. The second-order valence-electron chi connectivity index (χ2n) is 8.39. The average Bonchev–Trinajstić information content (AvgIpc) is 3.40. The van der Waals surface area contributed by atoms with Gasteiger partial charge in [-0.2, -0.15) is 0 Å². The number of ketones is 1. The maximum Gasteiger partial charge on any atom is 0.295 e. The lowest BCUT2D eigenvalue weighted by Gasteiger charge is -2.26. The maximum absolute atomic E-state index is 13.1. The van der Waals surface area contributed by atoms with Gasteiger partial charge >= 0.3 is 0 Å². The zero-order chi connectivity index (χ0) is 24.2. The Labute approximate surface area is 198 Å². The van der Waals surface area contributed by atoms with Gasteiger partial charge in [-0.05, 0) is 63.0 Å². The molecule has 8 heteroatoms. The molecule has 34 heavy (non-hydrogen) atoms. The summed E-state index contributed by atoms with van der Waals surface area (Å²) in [5, 5.41) is 11.2. The minimum Gasteiger partial charge on any atom is -0.507 e. The second kappa shape index (κ2) is 10.0. The molecule has 1 amide bonds. The number of aliphatic hydroxyl groups is 1. The standard InChI is InChI=1S/C26H28N2O6/c1-4-14-32-19-9-6-17(7-10-19)23-22(25(30)26(31)28(23)13-5-12-27(2)3)24(29)18-8-11-20-21(15-18)34-16-33-20/h4,6-11,15,23,29H,1,5,12-14,16H2,2-3H3/b24-22+. The zero-order valence-corrected chi connectivity index (χ0v) is 19.3. The van der Waals surface area contributed by atoms with E-state index in [1.165, 1.54) is 4.90 Å². The summed E-state index contributed by atoms with van der Waals surface area (Å²) in [4.78, 5) is 29.7. The van der Waals surface area contributed by atoms with E-state index in [-0.39, 0.29) is 18.1 Å². The number of likely N-dealkylation sites (tertiary alicyclic amines) is 1. The number of benzene rings is 2. The van der Waals surface area contributed by atoms with Crippen LogP contribution in [0.4, 0.5) is 0 Å². The summed E-state index contributed by atoms with van der Waals surface area (Å²) in [6.07, 6.45) is 2.33. The van der Waals surface area contributed by atoms with Crippen molar-refractivity contribution in [3.63, 3.8) is 0 Å². The van der Waals surface area contributed by atoms with Gasteiger partial charge in [-0.3, -0.25) is 9.59 Å². The van der Waals surface area contributed by atoms with Crippen molar-refractivity contribution in [1.29, 1.82) is 0 Å². The van der Waals surface area contributed by atoms with E-state index in [1.807, 2.05) is 19.0 Å². The average molecular weight is 465 g/mol. The Morgan fingerprint density at radius 2 is 1.91 bits per heavy atom. The van der Waals surface area contributed by atoms with E-state index in [2.05, 4.69) is 6.58 Å². The van der Waals surface area contributed by atoms with Crippen molar-refractivity contribution in [2.24, 2.45) is 0 Å². The molecule has 1 N–H and O–H groups in total. The molecule has 2 aliphatic rings. The minimum atomic E-state index is -0.721. The van der Waals surface area contributed by atoms with E-state index < -0.39 is 17.7 Å². The number of aliphatic hydroxyl groups excluding tert-OH is 1. The highest BCUT2D eigenvalue weighted by Gasteiger charge is 2.45. The molecule has 0 spiro atoms. The highest BCUT2D eigenvalue weighted by Crippen LogP contribution is 2.41. The molecular formula is C26H28N2O6. The SMILES string of the molecule is C=CCOc1ccc(C2/C(=C(\O)c3ccc4c(c3)OCO4)C(=O)C(=O)N2CCCN(C)C)cc1. The molecule has 2 aromatic carbocycles. The van der Waals surface area contributed by atoms with Gasteiger partial charge in [-0.1, -0.05) is 24.8 Å². The summed E-state index contributed by atoms with van der Waals surface area (Å²) in [6, 6.07) is 11.4. The molecule has 2 aliphatic heterocycles. The van der Waals surface area contributed by atoms with E-state index in [4.69, 9.17) is 14.2 Å². The summed E-state index contributed by atoms with van der Waals surface area (Å²) in [5.74, 6) is 0.0969. The fourth-order valence-corrected chi connectivity index (χ4v) is 4.12. The molecule has 1 fully saturated rings. The number of rotatable bonds is 9. The summed E-state index contributed by atoms with van der Waals surface area (Å²) in [7, 11) is 3.90. The molecule has 0 bridgehead atoms. The summed E-state index contributed by atoms with van der Waals surface area (Å²) in [5.41, 5.74) is 1.14. The monoisotopic (exact) mass is 464 g/mol. The van der Waals surface area contributed by atoms with Crippen LogP contribution in [0.2, 0.25) is 0 Å². The van der Waals surface area contributed by atoms with Gasteiger partial charge in [-0.15, -0.1) is 0 Å². The Hall–Kier alpha value is -3.78. The molecule has 1 saturated heterocycles. The molecule has 178 valence electrons. The van der Waals surface area contributed by atoms with Crippen molar-refractivity contribution in [2.45, 2.75) is 12.5 Å². The smallest absolute Gasteiger partial charge is 0.295 e. The quantitative estimate of drug-likeness (QED) is 0.264. The fraction of sp³-hybridized carbons (Fsp3) is 0.308. The van der Waals surface area contributed by atoms with Crippen molar-refractivity contribution in [3.05, 3.63) is 71.8 Å². The van der Waals surface area contributed by atoms with E-state index in [1.54, 1.807) is 48.5 Å². The number of hydrogen-bond donors (Lipinski definition) is 1. The van der Waals surface area contributed by atoms with Crippen molar-refractivity contribution in [2.75, 3.05) is 40.6 Å². The first-order valence-corrected chi connectivity index (χ1v) is 11.1. The molecule has 8 nitrogen and oxygen atoms in total. The normalized spacial score (nSPS) is 18.6. The van der Waals surface area contributed by atoms with Crippen LogP contribution in [0.3, 0.4) is 0 Å². The van der Waals surface area contributed by atoms with E-state index in [0.29, 0.717) is 47.9 Å². The van der Waals surface area contributed by atoms with Crippen molar-refractivity contribution >= 4 is 17.4 Å². The first kappa shape index (κ1) is 23.4. The van der Waals surface area contributed by atoms with E-state index >= 15 is 0 Å². The lowest BCUT2D eigenvalue weighted by atomic mass is 9.95. The summed E-state index contributed by atoms with van der Waals surface area (Å²) < 4.78 is 16.3. The fourth-order valence-electron chi connectivity index (χ4n) is 4.12. The van der Waals surface area contributed by atoms with Crippen LogP contribution >= 0.6 is 0 Å². The molecule has 0 radical (unpaired) electrons. The van der Waals surface area contributed by atoms with Crippen LogP contribution in [0.5, 0.6) is 17.2 Å². The van der Waals surface area contributed by atoms with Crippen molar-refractivity contribution in [1.82, 2.24) is 9.80 Å². The Balaban J connectivity index is 1.74. The Kier molecular flexibility index (Phi) is 6.88. The van der Waals surface area contributed by atoms with Crippen LogP contribution in [-0.4, -0.2) is 67.2 Å². The van der Waals surface area contributed by atoms with Crippen LogP contribution < -0.4 is 14.2 Å². The number of Topliss-reactive ketones (excluding diaryl/α,β-unsaturated/α-hetero) is 1. The highest BCUT2D eigenvalue weighted by atomic mass is 16.7. The topological polar surface area (TPSA) is 88.5 Å². The van der Waals surface area contributed by atoms with Crippen LogP contribution in [0.25, 0.3) is 5.76 Å². The second-order valence-corrected chi connectivity index (χ2v) is 8.39. The van der Waals surface area contributed by atoms with Gasteiger partial charge in [0, 0.05) is 12.1 Å². The van der Waals surface area contributed by atoms with Crippen molar-refractivity contribution in [3.8, 4) is 17.2 Å². The predicted octanol–water partition coefficient (Wildman–Crippen LogP) is 3.35. The molecular weight excluding hydrogens is 436 g/mol. The number of carbonyl (C=O) groups excluding carboxylic acids is 2. The molecule has 1 atom stereocenters. The minimum absolute atomic E-state index is 0.0495. The zero-order valence-electron chi connectivity index (χ0n) is 19.3. The molecule has 0 aromatic heterocycles. The third kappa shape index (κ3) is 4.63. The number of ether oxygens (including phenoxy) is 3. The van der Waals surface area contributed by atoms with Crippen LogP contribution in [0.15, 0.2) is 60.7 Å². The van der Waals surface area contributed by atoms with Gasteiger partial charge in [0.1, 0.15) is 18.1 Å². The summed E-state index contributed by atoms with van der Waals surface area (Å²) >= 11 is 0. The highest BCUT2D eigenvalue weighted by molar-refractivity contribution is 6.46. The molecule has 2 heterocycles. The lowest BCUT2D eigenvalue weighted by Crippen LogP contribution is -2.32. The predicted molar refractivity (Wildman–Crippen MR) is 127 cm³/mol. The summed E-state index contributed by atoms with van der Waals surface area (Å²) in [6.45, 7) is 5.23. The van der Waals surface area contributed by atoms with Gasteiger partial charge in [0.05, 0.1) is 11.6 Å².